The summed E-state index contributed by atoms with van der Waals surface area (Å²) in [4.78, 5) is 32.9. The highest BCUT2D eigenvalue weighted by Crippen LogP contribution is 2.11. The van der Waals surface area contributed by atoms with Crippen molar-refractivity contribution in [3.8, 4) is 0 Å². The van der Waals surface area contributed by atoms with Crippen molar-refractivity contribution in [1.82, 2.24) is 14.5 Å². The maximum absolute atomic E-state index is 12.7. The van der Waals surface area contributed by atoms with Crippen molar-refractivity contribution in [3.63, 3.8) is 0 Å². The van der Waals surface area contributed by atoms with E-state index in [9.17, 15) is 9.59 Å². The first kappa shape index (κ1) is 15.9. The molecule has 122 valence electrons. The van der Waals surface area contributed by atoms with Crippen LogP contribution >= 0.6 is 0 Å². The van der Waals surface area contributed by atoms with E-state index in [0.717, 1.165) is 5.56 Å². The predicted octanol–water partition coefficient (Wildman–Crippen LogP) is 2.41. The number of hydrogen-bond acceptors (Lipinski definition) is 5. The lowest BCUT2D eigenvalue weighted by Gasteiger charge is -2.09. The minimum Gasteiger partial charge on any atom is -0.459 e. The van der Waals surface area contributed by atoms with Gasteiger partial charge in [-0.1, -0.05) is 0 Å². The molecule has 0 spiro atoms. The zero-order valence-corrected chi connectivity index (χ0v) is 13.5. The van der Waals surface area contributed by atoms with E-state index in [4.69, 9.17) is 4.74 Å². The third-order valence-corrected chi connectivity index (χ3v) is 3.50. The van der Waals surface area contributed by atoms with Gasteiger partial charge < -0.3 is 9.30 Å². The summed E-state index contributed by atoms with van der Waals surface area (Å²) in [5.74, 6) is -0.483. The van der Waals surface area contributed by atoms with Gasteiger partial charge in [-0.3, -0.25) is 14.8 Å². The highest BCUT2D eigenvalue weighted by Gasteiger charge is 2.13. The van der Waals surface area contributed by atoms with E-state index in [-0.39, 0.29) is 17.2 Å². The van der Waals surface area contributed by atoms with Crippen molar-refractivity contribution in [1.29, 1.82) is 0 Å². The molecule has 0 saturated heterocycles. The average Bonchev–Trinajstić information content (AvgIpc) is 2.57. The minimum absolute atomic E-state index is 0.198. The minimum atomic E-state index is -0.483. The van der Waals surface area contributed by atoms with Crippen molar-refractivity contribution in [3.05, 3.63) is 70.5 Å². The van der Waals surface area contributed by atoms with Crippen LogP contribution in [0.25, 0.3) is 10.9 Å². The SMILES string of the molecule is CC(C)OC(=O)c1cnc2ccn(Cc3ccncc3)c(=O)c2c1. The Morgan fingerprint density at radius 3 is 2.71 bits per heavy atom. The topological polar surface area (TPSA) is 74.1 Å². The van der Waals surface area contributed by atoms with Crippen molar-refractivity contribution in [2.75, 3.05) is 0 Å². The lowest BCUT2D eigenvalue weighted by molar-refractivity contribution is 0.0377. The molecule has 0 saturated carbocycles. The molecule has 0 aliphatic heterocycles. The van der Waals surface area contributed by atoms with Gasteiger partial charge in [0.2, 0.25) is 0 Å². The van der Waals surface area contributed by atoms with Gasteiger partial charge in [-0.15, -0.1) is 0 Å². The normalized spacial score (nSPS) is 11.0. The number of rotatable bonds is 4. The van der Waals surface area contributed by atoms with Gasteiger partial charge in [0, 0.05) is 24.8 Å². The first-order valence-electron chi connectivity index (χ1n) is 7.63. The maximum Gasteiger partial charge on any atom is 0.339 e. The van der Waals surface area contributed by atoms with Crippen LogP contribution in [0.3, 0.4) is 0 Å². The lowest BCUT2D eigenvalue weighted by Crippen LogP contribution is -2.21. The van der Waals surface area contributed by atoms with Gasteiger partial charge in [0.1, 0.15) is 0 Å². The molecule has 3 aromatic heterocycles. The number of ether oxygens (including phenoxy) is 1. The lowest BCUT2D eigenvalue weighted by atomic mass is 10.2. The molecule has 3 rings (SSSR count). The molecule has 0 fully saturated rings. The third-order valence-electron chi connectivity index (χ3n) is 3.50. The van der Waals surface area contributed by atoms with Gasteiger partial charge in [-0.2, -0.15) is 0 Å². The van der Waals surface area contributed by atoms with Crippen LogP contribution in [0.4, 0.5) is 0 Å². The third kappa shape index (κ3) is 3.32. The van der Waals surface area contributed by atoms with E-state index in [0.29, 0.717) is 17.4 Å². The van der Waals surface area contributed by atoms with Crippen LogP contribution in [-0.2, 0) is 11.3 Å². The Morgan fingerprint density at radius 1 is 1.25 bits per heavy atom. The van der Waals surface area contributed by atoms with Gasteiger partial charge in [-0.05, 0) is 43.7 Å². The van der Waals surface area contributed by atoms with Crippen molar-refractivity contribution >= 4 is 16.9 Å². The van der Waals surface area contributed by atoms with Crippen LogP contribution in [0, 0.1) is 0 Å². The molecule has 0 amide bonds. The first-order chi connectivity index (χ1) is 11.5. The van der Waals surface area contributed by atoms with Crippen molar-refractivity contribution in [2.24, 2.45) is 0 Å². The number of carbonyl (C=O) groups excluding carboxylic acids is 1. The summed E-state index contributed by atoms with van der Waals surface area (Å²) >= 11 is 0. The molecule has 24 heavy (non-hydrogen) atoms. The fourth-order valence-electron chi connectivity index (χ4n) is 2.37. The number of esters is 1. The monoisotopic (exact) mass is 323 g/mol. The molecule has 6 nitrogen and oxygen atoms in total. The number of nitrogens with zero attached hydrogens (tertiary/aromatic N) is 3. The molecule has 0 atom stereocenters. The molecule has 0 unspecified atom stereocenters. The average molecular weight is 323 g/mol. The Hall–Kier alpha value is -3.02. The van der Waals surface area contributed by atoms with Crippen LogP contribution in [0.15, 0.2) is 53.8 Å². The second-order valence-corrected chi connectivity index (χ2v) is 5.72. The zero-order valence-electron chi connectivity index (χ0n) is 13.5. The Morgan fingerprint density at radius 2 is 2.00 bits per heavy atom. The summed E-state index contributed by atoms with van der Waals surface area (Å²) in [6, 6.07) is 7.00. The summed E-state index contributed by atoms with van der Waals surface area (Å²) in [5.41, 5.74) is 1.59. The van der Waals surface area contributed by atoms with Crippen LogP contribution in [0.5, 0.6) is 0 Å². The summed E-state index contributed by atoms with van der Waals surface area (Å²) < 4.78 is 6.74. The van der Waals surface area contributed by atoms with Crippen LogP contribution in [0.1, 0.15) is 29.8 Å². The number of carbonyl (C=O) groups is 1. The second-order valence-electron chi connectivity index (χ2n) is 5.72. The van der Waals surface area contributed by atoms with Crippen molar-refractivity contribution in [2.45, 2.75) is 26.5 Å². The number of pyridine rings is 3. The molecule has 0 aliphatic carbocycles. The predicted molar refractivity (Wildman–Crippen MR) is 89.9 cm³/mol. The maximum atomic E-state index is 12.7. The first-order valence-corrected chi connectivity index (χ1v) is 7.63. The van der Waals surface area contributed by atoms with Gasteiger partial charge in [-0.25, -0.2) is 4.79 Å². The fourth-order valence-corrected chi connectivity index (χ4v) is 2.37. The standard InChI is InChI=1S/C18H17N3O3/c1-12(2)24-18(23)14-9-15-16(20-10-14)5-8-21(17(15)22)11-13-3-6-19-7-4-13/h3-10,12H,11H2,1-2H3. The van der Waals surface area contributed by atoms with E-state index in [1.165, 1.54) is 6.20 Å². The van der Waals surface area contributed by atoms with E-state index < -0.39 is 5.97 Å². The Labute approximate surface area is 138 Å². The van der Waals surface area contributed by atoms with E-state index in [1.807, 2.05) is 12.1 Å². The molecular weight excluding hydrogens is 306 g/mol. The largest absolute Gasteiger partial charge is 0.459 e. The molecule has 0 N–H and O–H groups in total. The molecule has 6 heteroatoms. The second kappa shape index (κ2) is 6.62. The summed E-state index contributed by atoms with van der Waals surface area (Å²) in [6.45, 7) is 3.97. The summed E-state index contributed by atoms with van der Waals surface area (Å²) in [7, 11) is 0. The Kier molecular flexibility index (Phi) is 4.37. The van der Waals surface area contributed by atoms with Crippen molar-refractivity contribution < 1.29 is 9.53 Å². The Balaban J connectivity index is 2.00. The highest BCUT2D eigenvalue weighted by atomic mass is 16.5. The Bertz CT molecular complexity index is 933. The number of fused-ring (bicyclic) bond motifs is 1. The summed E-state index contributed by atoms with van der Waals surface area (Å²) in [6.07, 6.45) is 6.27. The smallest absolute Gasteiger partial charge is 0.339 e. The van der Waals surface area contributed by atoms with Crippen LogP contribution in [0.2, 0.25) is 0 Å². The van der Waals surface area contributed by atoms with Crippen LogP contribution in [-0.4, -0.2) is 26.6 Å². The van der Waals surface area contributed by atoms with Gasteiger partial charge in [0.05, 0.1) is 29.1 Å². The van der Waals surface area contributed by atoms with Crippen LogP contribution < -0.4 is 5.56 Å². The molecule has 3 heterocycles. The molecule has 0 aromatic carbocycles. The summed E-state index contributed by atoms with van der Waals surface area (Å²) in [5, 5.41) is 0.393. The molecule has 0 bridgehead atoms. The molecule has 0 aliphatic rings. The van der Waals surface area contributed by atoms with E-state index in [2.05, 4.69) is 9.97 Å². The fraction of sp³-hybridized carbons (Fsp3) is 0.222. The van der Waals surface area contributed by atoms with Gasteiger partial charge >= 0.3 is 5.97 Å². The number of hydrogen-bond donors (Lipinski definition) is 0. The number of aromatic nitrogens is 3. The zero-order chi connectivity index (χ0) is 17.1. The van der Waals surface area contributed by atoms with E-state index in [1.54, 1.807) is 49.1 Å². The van der Waals surface area contributed by atoms with Gasteiger partial charge in [0.15, 0.2) is 0 Å². The molecule has 0 radical (unpaired) electrons. The highest BCUT2D eigenvalue weighted by molar-refractivity contribution is 5.93. The molecule has 3 aromatic rings. The van der Waals surface area contributed by atoms with Gasteiger partial charge in [0.25, 0.3) is 5.56 Å². The molecular formula is C18H17N3O3. The van der Waals surface area contributed by atoms with E-state index >= 15 is 0 Å². The quantitative estimate of drug-likeness (QED) is 0.689.